The number of carbonyl (C=O) groups is 1. The zero-order valence-corrected chi connectivity index (χ0v) is 18.0. The molecule has 1 aromatic carbocycles. The van der Waals surface area contributed by atoms with Crippen molar-refractivity contribution in [3.63, 3.8) is 0 Å². The molecular weight excluding hydrogens is 390 g/mol. The van der Waals surface area contributed by atoms with Gasteiger partial charge >= 0.3 is 0 Å². The lowest BCUT2D eigenvalue weighted by Gasteiger charge is -2.24. The normalized spacial score (nSPS) is 18.4. The van der Waals surface area contributed by atoms with Crippen molar-refractivity contribution in [3.05, 3.63) is 59.0 Å². The number of likely N-dealkylation sites (tertiary alicyclic amines) is 1. The summed E-state index contributed by atoms with van der Waals surface area (Å²) < 4.78 is 7.55. The number of hydrogen-bond acceptors (Lipinski definition) is 5. The van der Waals surface area contributed by atoms with E-state index in [-0.39, 0.29) is 5.91 Å². The van der Waals surface area contributed by atoms with Crippen LogP contribution in [0.5, 0.6) is 0 Å². The van der Waals surface area contributed by atoms with Crippen molar-refractivity contribution >= 4 is 5.91 Å². The molecule has 0 unspecified atom stereocenters. The quantitative estimate of drug-likeness (QED) is 0.662. The van der Waals surface area contributed by atoms with Gasteiger partial charge in [-0.15, -0.1) is 0 Å². The first-order chi connectivity index (χ1) is 15.2. The number of nitrogens with zero attached hydrogens (tertiary/aromatic N) is 4. The predicted molar refractivity (Wildman–Crippen MR) is 118 cm³/mol. The van der Waals surface area contributed by atoms with Crippen LogP contribution in [-0.2, 0) is 25.9 Å². The highest BCUT2D eigenvalue weighted by atomic mass is 16.5. The summed E-state index contributed by atoms with van der Waals surface area (Å²) in [7, 11) is 0. The van der Waals surface area contributed by atoms with E-state index in [1.165, 1.54) is 5.69 Å². The molecule has 5 rings (SSSR count). The third-order valence-electron chi connectivity index (χ3n) is 6.43. The number of aromatic nitrogens is 3. The van der Waals surface area contributed by atoms with E-state index in [4.69, 9.17) is 9.62 Å². The molecule has 162 valence electrons. The SMILES string of the molecule is CCn1nc(C(=O)N2CCCC2)c2c1CC[C@H](NCc1cc(-c3ccccc3)on1)C2. The van der Waals surface area contributed by atoms with Crippen molar-refractivity contribution in [1.29, 1.82) is 0 Å². The summed E-state index contributed by atoms with van der Waals surface area (Å²) in [5, 5.41) is 12.6. The van der Waals surface area contributed by atoms with Crippen molar-refractivity contribution in [2.24, 2.45) is 0 Å². The van der Waals surface area contributed by atoms with Crippen LogP contribution in [0, 0.1) is 0 Å². The van der Waals surface area contributed by atoms with E-state index in [1.54, 1.807) is 0 Å². The molecule has 1 aliphatic heterocycles. The molecule has 0 saturated carbocycles. The van der Waals surface area contributed by atoms with E-state index in [0.29, 0.717) is 18.3 Å². The highest BCUT2D eigenvalue weighted by Crippen LogP contribution is 2.27. The maximum Gasteiger partial charge on any atom is 0.274 e. The lowest BCUT2D eigenvalue weighted by molar-refractivity contribution is 0.0785. The van der Waals surface area contributed by atoms with E-state index >= 15 is 0 Å². The molecule has 7 heteroatoms. The summed E-state index contributed by atoms with van der Waals surface area (Å²) in [4.78, 5) is 15.0. The topological polar surface area (TPSA) is 76.2 Å². The van der Waals surface area contributed by atoms with Gasteiger partial charge in [0.25, 0.3) is 5.91 Å². The molecule has 1 saturated heterocycles. The average molecular weight is 420 g/mol. The van der Waals surface area contributed by atoms with Crippen LogP contribution >= 0.6 is 0 Å². The number of rotatable bonds is 6. The minimum Gasteiger partial charge on any atom is -0.356 e. The van der Waals surface area contributed by atoms with E-state index in [0.717, 1.165) is 74.3 Å². The molecular formula is C24H29N5O2. The van der Waals surface area contributed by atoms with Gasteiger partial charge in [0.2, 0.25) is 0 Å². The van der Waals surface area contributed by atoms with Gasteiger partial charge in [-0.3, -0.25) is 9.48 Å². The molecule has 3 aromatic rings. The van der Waals surface area contributed by atoms with Crippen LogP contribution in [0.15, 0.2) is 40.9 Å². The van der Waals surface area contributed by atoms with Gasteiger partial charge in [-0.05, 0) is 39.0 Å². The van der Waals surface area contributed by atoms with E-state index in [9.17, 15) is 4.79 Å². The molecule has 7 nitrogen and oxygen atoms in total. The maximum absolute atomic E-state index is 13.1. The zero-order valence-electron chi connectivity index (χ0n) is 18.0. The van der Waals surface area contributed by atoms with E-state index in [1.807, 2.05) is 46.0 Å². The Kier molecular flexibility index (Phi) is 5.59. The fourth-order valence-electron chi connectivity index (χ4n) is 4.75. The molecule has 0 bridgehead atoms. The van der Waals surface area contributed by atoms with Crippen molar-refractivity contribution in [2.45, 2.75) is 58.2 Å². The minimum absolute atomic E-state index is 0.102. The lowest BCUT2D eigenvalue weighted by atomic mass is 9.91. The molecule has 1 atom stereocenters. The number of carbonyl (C=O) groups excluding carboxylic acids is 1. The molecule has 1 fully saturated rings. The number of nitrogens with one attached hydrogen (secondary N) is 1. The number of amides is 1. The molecule has 1 aliphatic carbocycles. The molecule has 2 aliphatic rings. The molecule has 0 spiro atoms. The van der Waals surface area contributed by atoms with Gasteiger partial charge in [-0.2, -0.15) is 5.10 Å². The predicted octanol–water partition coefficient (Wildman–Crippen LogP) is 3.44. The Balaban J connectivity index is 1.28. The Morgan fingerprint density at radius 1 is 1.23 bits per heavy atom. The Bertz CT molecular complexity index is 1050. The number of fused-ring (bicyclic) bond motifs is 1. The van der Waals surface area contributed by atoms with Crippen molar-refractivity contribution < 1.29 is 9.32 Å². The first kappa shape index (κ1) is 20.0. The van der Waals surface area contributed by atoms with Crippen LogP contribution in [0.2, 0.25) is 0 Å². The summed E-state index contributed by atoms with van der Waals surface area (Å²) in [5.41, 5.74) is 4.95. The number of aryl methyl sites for hydroxylation is 1. The molecule has 1 N–H and O–H groups in total. The highest BCUT2D eigenvalue weighted by Gasteiger charge is 2.31. The Labute approximate surface area is 182 Å². The fourth-order valence-corrected chi connectivity index (χ4v) is 4.75. The smallest absolute Gasteiger partial charge is 0.274 e. The van der Waals surface area contributed by atoms with Gasteiger partial charge < -0.3 is 14.7 Å². The average Bonchev–Trinajstić information content (AvgIpc) is 3.57. The third kappa shape index (κ3) is 4.02. The largest absolute Gasteiger partial charge is 0.356 e. The van der Waals surface area contributed by atoms with Crippen molar-refractivity contribution in [1.82, 2.24) is 25.2 Å². The van der Waals surface area contributed by atoms with Gasteiger partial charge in [0.15, 0.2) is 11.5 Å². The van der Waals surface area contributed by atoms with Gasteiger partial charge in [0.1, 0.15) is 0 Å². The van der Waals surface area contributed by atoms with Gasteiger partial charge in [-0.1, -0.05) is 35.5 Å². The van der Waals surface area contributed by atoms with Gasteiger partial charge in [-0.25, -0.2) is 0 Å². The van der Waals surface area contributed by atoms with Crippen LogP contribution in [0.1, 0.15) is 53.6 Å². The summed E-state index contributed by atoms with van der Waals surface area (Å²) in [6.45, 7) is 5.24. The van der Waals surface area contributed by atoms with Gasteiger partial charge in [0, 0.05) is 55.1 Å². The maximum atomic E-state index is 13.1. The minimum atomic E-state index is 0.102. The second-order valence-electron chi connectivity index (χ2n) is 8.46. The standard InChI is InChI=1S/C24H29N5O2/c1-2-29-21-11-10-18(14-20(21)23(26-29)24(30)28-12-6-7-13-28)25-16-19-15-22(31-27-19)17-8-4-3-5-9-17/h3-5,8-9,15,18,25H,2,6-7,10-14,16H2,1H3/t18-/m0/s1. The van der Waals surface area contributed by atoms with Gasteiger partial charge in [0.05, 0.1) is 5.69 Å². The molecule has 2 aromatic heterocycles. The molecule has 0 radical (unpaired) electrons. The second kappa shape index (κ2) is 8.67. The number of hydrogen-bond donors (Lipinski definition) is 1. The fraction of sp³-hybridized carbons (Fsp3) is 0.458. The van der Waals surface area contributed by atoms with Crippen LogP contribution < -0.4 is 5.32 Å². The first-order valence-corrected chi connectivity index (χ1v) is 11.3. The Morgan fingerprint density at radius 2 is 2.03 bits per heavy atom. The highest BCUT2D eigenvalue weighted by molar-refractivity contribution is 5.94. The van der Waals surface area contributed by atoms with Crippen LogP contribution in [0.3, 0.4) is 0 Å². The first-order valence-electron chi connectivity index (χ1n) is 11.3. The third-order valence-corrected chi connectivity index (χ3v) is 6.43. The molecule has 31 heavy (non-hydrogen) atoms. The molecule has 3 heterocycles. The monoisotopic (exact) mass is 419 g/mol. The summed E-state index contributed by atoms with van der Waals surface area (Å²) >= 11 is 0. The lowest BCUT2D eigenvalue weighted by Crippen LogP contribution is -2.35. The van der Waals surface area contributed by atoms with E-state index in [2.05, 4.69) is 17.4 Å². The van der Waals surface area contributed by atoms with Crippen LogP contribution in [-0.4, -0.2) is 44.9 Å². The van der Waals surface area contributed by atoms with Crippen molar-refractivity contribution in [2.75, 3.05) is 13.1 Å². The Hall–Kier alpha value is -2.93. The second-order valence-corrected chi connectivity index (χ2v) is 8.46. The summed E-state index contributed by atoms with van der Waals surface area (Å²) in [5.74, 6) is 0.886. The Morgan fingerprint density at radius 3 is 2.81 bits per heavy atom. The van der Waals surface area contributed by atoms with Crippen molar-refractivity contribution in [3.8, 4) is 11.3 Å². The van der Waals surface area contributed by atoms with Crippen LogP contribution in [0.25, 0.3) is 11.3 Å². The summed E-state index contributed by atoms with van der Waals surface area (Å²) in [6, 6.07) is 12.3. The van der Waals surface area contributed by atoms with E-state index < -0.39 is 0 Å². The zero-order chi connectivity index (χ0) is 21.2. The summed E-state index contributed by atoms with van der Waals surface area (Å²) in [6.07, 6.45) is 4.98. The number of benzene rings is 1. The molecule has 1 amide bonds. The van der Waals surface area contributed by atoms with Crippen LogP contribution in [0.4, 0.5) is 0 Å².